The number of pyridine rings is 1. The maximum absolute atomic E-state index is 5.73. The molecule has 1 aromatic heterocycles. The van der Waals surface area contributed by atoms with Crippen molar-refractivity contribution in [2.75, 3.05) is 31.2 Å². The monoisotopic (exact) mass is 312 g/mol. The maximum Gasteiger partial charge on any atom is 0.171 e. The number of nitrogens with zero attached hydrogens (tertiary/aromatic N) is 2. The van der Waals surface area contributed by atoms with Crippen LogP contribution in [0, 0.1) is 6.92 Å². The highest BCUT2D eigenvalue weighted by Crippen LogP contribution is 2.33. The largest absolute Gasteiger partial charge is 0.356 e. The van der Waals surface area contributed by atoms with Crippen LogP contribution in [0.5, 0.6) is 0 Å². The standard InChI is InChI=1S/C13H17BrN2O2/c1-10-11(14)2-3-12(15-10)16-6-4-13(5-7-16)17-8-9-18-13/h2-3H,4-9H2,1H3. The molecule has 0 unspecified atom stereocenters. The average molecular weight is 313 g/mol. The van der Waals surface area contributed by atoms with Gasteiger partial charge in [-0.05, 0) is 35.0 Å². The molecule has 98 valence electrons. The second kappa shape index (κ2) is 4.79. The third-order valence-corrected chi connectivity index (χ3v) is 4.51. The summed E-state index contributed by atoms with van der Waals surface area (Å²) in [6, 6.07) is 4.12. The lowest BCUT2D eigenvalue weighted by Crippen LogP contribution is -2.45. The highest BCUT2D eigenvalue weighted by molar-refractivity contribution is 9.10. The van der Waals surface area contributed by atoms with Gasteiger partial charge in [0.1, 0.15) is 5.82 Å². The van der Waals surface area contributed by atoms with Gasteiger partial charge in [0.25, 0.3) is 0 Å². The Hall–Kier alpha value is -0.650. The Kier molecular flexibility index (Phi) is 3.30. The number of rotatable bonds is 1. The van der Waals surface area contributed by atoms with Crippen molar-refractivity contribution in [3.63, 3.8) is 0 Å². The highest BCUT2D eigenvalue weighted by Gasteiger charge is 2.39. The summed E-state index contributed by atoms with van der Waals surface area (Å²) in [6.45, 7) is 5.36. The molecule has 2 fully saturated rings. The molecule has 2 aliphatic rings. The van der Waals surface area contributed by atoms with E-state index in [1.165, 1.54) is 0 Å². The van der Waals surface area contributed by atoms with Gasteiger partial charge in [0, 0.05) is 30.4 Å². The van der Waals surface area contributed by atoms with Gasteiger partial charge in [-0.1, -0.05) is 0 Å². The first-order valence-corrected chi connectivity index (χ1v) is 7.14. The molecular weight excluding hydrogens is 296 g/mol. The molecule has 1 spiro atoms. The molecule has 0 bridgehead atoms. The van der Waals surface area contributed by atoms with Crippen LogP contribution < -0.4 is 4.90 Å². The van der Waals surface area contributed by atoms with Crippen molar-refractivity contribution in [1.29, 1.82) is 0 Å². The number of aryl methyl sites for hydroxylation is 1. The summed E-state index contributed by atoms with van der Waals surface area (Å²) in [4.78, 5) is 6.91. The molecule has 0 N–H and O–H groups in total. The SMILES string of the molecule is Cc1nc(N2CCC3(CC2)OCCO3)ccc1Br. The van der Waals surface area contributed by atoms with E-state index in [1.54, 1.807) is 0 Å². The van der Waals surface area contributed by atoms with Crippen LogP contribution in [0.1, 0.15) is 18.5 Å². The Balaban J connectivity index is 1.70. The van der Waals surface area contributed by atoms with Gasteiger partial charge in [-0.25, -0.2) is 4.98 Å². The van der Waals surface area contributed by atoms with Crippen LogP contribution in [0.15, 0.2) is 16.6 Å². The lowest BCUT2D eigenvalue weighted by atomic mass is 10.0. The Morgan fingerprint density at radius 3 is 2.50 bits per heavy atom. The van der Waals surface area contributed by atoms with Crippen LogP contribution in [0.2, 0.25) is 0 Å². The molecule has 2 saturated heterocycles. The third-order valence-electron chi connectivity index (χ3n) is 3.67. The van der Waals surface area contributed by atoms with Gasteiger partial charge >= 0.3 is 0 Å². The Morgan fingerprint density at radius 2 is 1.89 bits per heavy atom. The van der Waals surface area contributed by atoms with Crippen molar-refractivity contribution >= 4 is 21.7 Å². The number of anilines is 1. The van der Waals surface area contributed by atoms with Crippen molar-refractivity contribution in [2.24, 2.45) is 0 Å². The van der Waals surface area contributed by atoms with Crippen LogP contribution in [0.25, 0.3) is 0 Å². The number of hydrogen-bond donors (Lipinski definition) is 0. The second-order valence-electron chi connectivity index (χ2n) is 4.83. The van der Waals surface area contributed by atoms with Crippen LogP contribution in [0.4, 0.5) is 5.82 Å². The van der Waals surface area contributed by atoms with Gasteiger partial charge < -0.3 is 14.4 Å². The molecule has 1 aromatic rings. The number of halogens is 1. The molecule has 3 heterocycles. The van der Waals surface area contributed by atoms with Gasteiger partial charge in [-0.2, -0.15) is 0 Å². The molecule has 5 heteroatoms. The van der Waals surface area contributed by atoms with E-state index in [1.807, 2.05) is 6.92 Å². The van der Waals surface area contributed by atoms with E-state index in [0.717, 1.165) is 55.1 Å². The quantitative estimate of drug-likeness (QED) is 0.798. The molecule has 0 atom stereocenters. The maximum atomic E-state index is 5.73. The second-order valence-corrected chi connectivity index (χ2v) is 5.69. The number of hydrogen-bond acceptors (Lipinski definition) is 4. The first-order chi connectivity index (χ1) is 8.69. The van der Waals surface area contributed by atoms with Gasteiger partial charge in [-0.15, -0.1) is 0 Å². The minimum absolute atomic E-state index is 0.305. The van der Waals surface area contributed by atoms with E-state index in [9.17, 15) is 0 Å². The van der Waals surface area contributed by atoms with Gasteiger partial charge in [0.2, 0.25) is 0 Å². The Bertz CT molecular complexity index is 437. The number of piperidine rings is 1. The van der Waals surface area contributed by atoms with E-state index < -0.39 is 0 Å². The predicted molar refractivity (Wildman–Crippen MR) is 72.8 cm³/mol. The van der Waals surface area contributed by atoms with Crippen LogP contribution >= 0.6 is 15.9 Å². The molecule has 0 aliphatic carbocycles. The topological polar surface area (TPSA) is 34.6 Å². The van der Waals surface area contributed by atoms with Crippen LogP contribution in [-0.4, -0.2) is 37.1 Å². The number of aromatic nitrogens is 1. The van der Waals surface area contributed by atoms with Gasteiger partial charge in [-0.3, -0.25) is 0 Å². The van der Waals surface area contributed by atoms with E-state index in [0.29, 0.717) is 0 Å². The molecule has 0 radical (unpaired) electrons. The number of ether oxygens (including phenoxy) is 2. The first kappa shape index (κ1) is 12.4. The first-order valence-electron chi connectivity index (χ1n) is 6.35. The summed E-state index contributed by atoms with van der Waals surface area (Å²) in [6.07, 6.45) is 1.84. The molecule has 0 aromatic carbocycles. The zero-order chi connectivity index (χ0) is 12.6. The Labute approximate surface area is 115 Å². The normalized spacial score (nSPS) is 22.7. The van der Waals surface area contributed by atoms with E-state index in [-0.39, 0.29) is 5.79 Å². The Morgan fingerprint density at radius 1 is 1.22 bits per heavy atom. The zero-order valence-corrected chi connectivity index (χ0v) is 12.1. The summed E-state index contributed by atoms with van der Waals surface area (Å²) in [7, 11) is 0. The van der Waals surface area contributed by atoms with Crippen LogP contribution in [0.3, 0.4) is 0 Å². The molecule has 3 rings (SSSR count). The molecule has 0 saturated carbocycles. The van der Waals surface area contributed by atoms with Crippen molar-refractivity contribution in [2.45, 2.75) is 25.6 Å². The molecular formula is C13H17BrN2O2. The van der Waals surface area contributed by atoms with Crippen molar-refractivity contribution in [3.05, 3.63) is 22.3 Å². The van der Waals surface area contributed by atoms with Crippen LogP contribution in [-0.2, 0) is 9.47 Å². The van der Waals surface area contributed by atoms with Gasteiger partial charge in [0.05, 0.1) is 18.9 Å². The minimum Gasteiger partial charge on any atom is -0.356 e. The van der Waals surface area contributed by atoms with E-state index in [2.05, 4.69) is 37.9 Å². The van der Waals surface area contributed by atoms with E-state index in [4.69, 9.17) is 9.47 Å². The van der Waals surface area contributed by atoms with Crippen molar-refractivity contribution < 1.29 is 9.47 Å². The summed E-state index contributed by atoms with van der Waals surface area (Å²) < 4.78 is 12.5. The molecule has 4 nitrogen and oxygen atoms in total. The average Bonchev–Trinajstić information content (AvgIpc) is 2.82. The van der Waals surface area contributed by atoms with E-state index >= 15 is 0 Å². The minimum atomic E-state index is -0.305. The molecule has 18 heavy (non-hydrogen) atoms. The summed E-state index contributed by atoms with van der Waals surface area (Å²) >= 11 is 3.48. The molecule has 0 amide bonds. The highest BCUT2D eigenvalue weighted by atomic mass is 79.9. The third kappa shape index (κ3) is 2.27. The summed E-state index contributed by atoms with van der Waals surface area (Å²) in [5.74, 6) is 0.740. The fraction of sp³-hybridized carbons (Fsp3) is 0.615. The fourth-order valence-electron chi connectivity index (χ4n) is 2.57. The summed E-state index contributed by atoms with van der Waals surface area (Å²) in [5.41, 5.74) is 1.03. The lowest BCUT2D eigenvalue weighted by Gasteiger charge is -2.38. The lowest BCUT2D eigenvalue weighted by molar-refractivity contribution is -0.169. The van der Waals surface area contributed by atoms with Crippen molar-refractivity contribution in [3.8, 4) is 0 Å². The smallest absolute Gasteiger partial charge is 0.171 e. The summed E-state index contributed by atoms with van der Waals surface area (Å²) in [5, 5.41) is 0. The fourth-order valence-corrected chi connectivity index (χ4v) is 2.79. The van der Waals surface area contributed by atoms with Gasteiger partial charge in [0.15, 0.2) is 5.79 Å². The zero-order valence-electron chi connectivity index (χ0n) is 10.5. The predicted octanol–water partition coefficient (Wildman–Crippen LogP) is 2.50. The van der Waals surface area contributed by atoms with Crippen molar-refractivity contribution in [1.82, 2.24) is 4.98 Å². The molecule has 2 aliphatic heterocycles.